The molecule has 8 nitrogen and oxygen atoms in total. The fourth-order valence-electron chi connectivity index (χ4n) is 3.55. The average Bonchev–Trinajstić information content (AvgIpc) is 3.47. The molecule has 32 heavy (non-hydrogen) atoms. The number of anilines is 1. The van der Waals surface area contributed by atoms with Gasteiger partial charge in [0.05, 0.1) is 29.1 Å². The van der Waals surface area contributed by atoms with Gasteiger partial charge in [-0.05, 0) is 31.0 Å². The highest BCUT2D eigenvalue weighted by Crippen LogP contribution is 2.30. The number of aromatic nitrogens is 3. The van der Waals surface area contributed by atoms with Crippen LogP contribution < -0.4 is 5.32 Å². The Bertz CT molecular complexity index is 1180. The van der Waals surface area contributed by atoms with Crippen molar-refractivity contribution in [1.82, 2.24) is 19.9 Å². The fourth-order valence-corrected chi connectivity index (χ4v) is 4.43. The van der Waals surface area contributed by atoms with Crippen LogP contribution >= 0.6 is 11.3 Å². The van der Waals surface area contributed by atoms with E-state index < -0.39 is 5.92 Å². The van der Waals surface area contributed by atoms with Gasteiger partial charge in [0.25, 0.3) is 0 Å². The maximum atomic E-state index is 11.7. The van der Waals surface area contributed by atoms with Crippen LogP contribution in [0.4, 0.5) is 5.95 Å². The zero-order valence-electron chi connectivity index (χ0n) is 17.4. The van der Waals surface area contributed by atoms with E-state index in [1.165, 1.54) is 11.3 Å². The molecule has 1 aromatic carbocycles. The summed E-state index contributed by atoms with van der Waals surface area (Å²) >= 11 is 1.41. The number of hydrogen-bond donors (Lipinski definition) is 1. The molecular formula is C23H21N7OS. The van der Waals surface area contributed by atoms with Gasteiger partial charge in [0.15, 0.2) is 0 Å². The highest BCUT2D eigenvalue weighted by Gasteiger charge is 2.21. The Kier molecular flexibility index (Phi) is 6.69. The smallest absolute Gasteiger partial charge is 0.222 e. The third kappa shape index (κ3) is 4.90. The zero-order valence-corrected chi connectivity index (χ0v) is 18.2. The zero-order chi connectivity index (χ0) is 22.3. The van der Waals surface area contributed by atoms with E-state index in [0.29, 0.717) is 35.2 Å². The van der Waals surface area contributed by atoms with Crippen molar-refractivity contribution in [2.75, 3.05) is 25.0 Å². The van der Waals surface area contributed by atoms with Crippen LogP contribution in [0.3, 0.4) is 0 Å². The highest BCUT2D eigenvalue weighted by molar-refractivity contribution is 7.10. The molecule has 1 aliphatic heterocycles. The third-order valence-electron chi connectivity index (χ3n) is 5.24. The van der Waals surface area contributed by atoms with Gasteiger partial charge in [0.1, 0.15) is 10.9 Å². The van der Waals surface area contributed by atoms with Crippen molar-refractivity contribution in [3.63, 3.8) is 0 Å². The predicted molar refractivity (Wildman–Crippen MR) is 121 cm³/mol. The molecule has 0 aliphatic carbocycles. The molecule has 1 amide bonds. The number of nitriles is 2. The summed E-state index contributed by atoms with van der Waals surface area (Å²) in [5.41, 5.74) is 2.83. The molecule has 3 heterocycles. The first kappa shape index (κ1) is 21.4. The van der Waals surface area contributed by atoms with Gasteiger partial charge >= 0.3 is 0 Å². The summed E-state index contributed by atoms with van der Waals surface area (Å²) in [5.74, 6) is 0.0845. The van der Waals surface area contributed by atoms with Crippen molar-refractivity contribution in [3.8, 4) is 23.4 Å². The Balaban J connectivity index is 1.41. The lowest BCUT2D eigenvalue weighted by molar-refractivity contribution is -0.127. The van der Waals surface area contributed by atoms with Gasteiger partial charge in [0, 0.05) is 43.2 Å². The number of hydrogen-bond acceptors (Lipinski definition) is 8. The van der Waals surface area contributed by atoms with E-state index in [9.17, 15) is 10.1 Å². The molecule has 0 spiro atoms. The summed E-state index contributed by atoms with van der Waals surface area (Å²) in [6, 6.07) is 13.3. The van der Waals surface area contributed by atoms with Crippen molar-refractivity contribution in [2.24, 2.45) is 0 Å². The van der Waals surface area contributed by atoms with E-state index in [0.717, 1.165) is 37.2 Å². The van der Waals surface area contributed by atoms with Gasteiger partial charge in [-0.2, -0.15) is 10.5 Å². The summed E-state index contributed by atoms with van der Waals surface area (Å²) < 4.78 is 0. The topological polar surface area (TPSA) is 119 Å². The lowest BCUT2D eigenvalue weighted by Crippen LogP contribution is -2.27. The number of carbonyl (C=O) groups is 1. The lowest BCUT2D eigenvalue weighted by Gasteiger charge is -2.15. The quantitative estimate of drug-likeness (QED) is 0.529. The van der Waals surface area contributed by atoms with E-state index in [4.69, 9.17) is 5.26 Å². The van der Waals surface area contributed by atoms with Crippen LogP contribution in [0.1, 0.15) is 41.4 Å². The number of nitrogens with one attached hydrogen (secondary N) is 1. The first-order valence-electron chi connectivity index (χ1n) is 10.4. The van der Waals surface area contributed by atoms with Crippen LogP contribution in [0, 0.1) is 22.7 Å². The van der Waals surface area contributed by atoms with Gasteiger partial charge in [-0.25, -0.2) is 15.0 Å². The summed E-state index contributed by atoms with van der Waals surface area (Å²) in [5, 5.41) is 24.5. The van der Waals surface area contributed by atoms with E-state index in [1.807, 2.05) is 22.4 Å². The predicted octanol–water partition coefficient (Wildman–Crippen LogP) is 3.55. The molecule has 0 bridgehead atoms. The number of carbonyl (C=O) groups excluding carboxylic acids is 1. The van der Waals surface area contributed by atoms with E-state index in [1.54, 1.807) is 24.4 Å². The molecule has 0 saturated carbocycles. The minimum Gasteiger partial charge on any atom is -0.354 e. The molecule has 2 aromatic heterocycles. The second-order valence-electron chi connectivity index (χ2n) is 7.39. The van der Waals surface area contributed by atoms with E-state index in [-0.39, 0.29) is 5.91 Å². The van der Waals surface area contributed by atoms with Crippen LogP contribution in [-0.4, -0.2) is 45.4 Å². The molecule has 1 aliphatic rings. The largest absolute Gasteiger partial charge is 0.354 e. The monoisotopic (exact) mass is 443 g/mol. The van der Waals surface area contributed by atoms with Gasteiger partial charge in [-0.15, -0.1) is 11.3 Å². The van der Waals surface area contributed by atoms with Crippen LogP contribution in [-0.2, 0) is 4.79 Å². The van der Waals surface area contributed by atoms with Gasteiger partial charge in [-0.3, -0.25) is 4.79 Å². The molecule has 0 radical (unpaired) electrons. The number of amides is 1. The van der Waals surface area contributed by atoms with Crippen LogP contribution in [0.2, 0.25) is 0 Å². The summed E-state index contributed by atoms with van der Waals surface area (Å²) in [4.78, 5) is 27.0. The molecule has 1 saturated heterocycles. The van der Waals surface area contributed by atoms with Crippen molar-refractivity contribution in [3.05, 3.63) is 58.2 Å². The van der Waals surface area contributed by atoms with Crippen molar-refractivity contribution < 1.29 is 4.79 Å². The van der Waals surface area contributed by atoms with Gasteiger partial charge < -0.3 is 10.2 Å². The van der Waals surface area contributed by atoms with Crippen molar-refractivity contribution in [1.29, 1.82) is 10.5 Å². The molecule has 4 rings (SSSR count). The molecule has 3 aromatic rings. The third-order valence-corrected chi connectivity index (χ3v) is 6.15. The molecule has 1 fully saturated rings. The van der Waals surface area contributed by atoms with Crippen molar-refractivity contribution >= 4 is 23.2 Å². The Labute approximate surface area is 190 Å². The normalized spacial score (nSPS) is 14.1. The summed E-state index contributed by atoms with van der Waals surface area (Å²) in [6.45, 7) is 2.21. The number of likely N-dealkylation sites (tertiary alicyclic amines) is 1. The summed E-state index contributed by atoms with van der Waals surface area (Å²) in [7, 11) is 0. The first-order chi connectivity index (χ1) is 15.7. The SMILES string of the molecule is N#Cc1ccc(-c2csc(C(C#N)c3ccnc(NCCCN4CCCC4=O)n3)n2)cc1. The molecule has 9 heteroatoms. The Morgan fingerprint density at radius 3 is 2.75 bits per heavy atom. The lowest BCUT2D eigenvalue weighted by atomic mass is 10.1. The second kappa shape index (κ2) is 9.99. The van der Waals surface area contributed by atoms with Gasteiger partial charge in [0.2, 0.25) is 11.9 Å². The maximum absolute atomic E-state index is 11.7. The number of nitrogens with zero attached hydrogens (tertiary/aromatic N) is 6. The minimum absolute atomic E-state index is 0.226. The number of rotatable bonds is 8. The van der Waals surface area contributed by atoms with Crippen molar-refractivity contribution in [2.45, 2.75) is 25.2 Å². The Morgan fingerprint density at radius 1 is 1.19 bits per heavy atom. The summed E-state index contributed by atoms with van der Waals surface area (Å²) in [6.07, 6.45) is 4.03. The number of thiazole rings is 1. The van der Waals surface area contributed by atoms with Crippen LogP contribution in [0.5, 0.6) is 0 Å². The highest BCUT2D eigenvalue weighted by atomic mass is 32.1. The Hall–Kier alpha value is -3.82. The van der Waals surface area contributed by atoms with Crippen LogP contribution in [0.15, 0.2) is 41.9 Å². The average molecular weight is 444 g/mol. The molecule has 1 N–H and O–H groups in total. The number of benzene rings is 1. The molecular weight excluding hydrogens is 422 g/mol. The minimum atomic E-state index is -0.599. The fraction of sp³-hybridized carbons (Fsp3) is 0.304. The second-order valence-corrected chi connectivity index (χ2v) is 8.28. The standard InChI is InChI=1S/C23H21N7OS/c24-13-16-4-6-17(7-5-16)20-15-32-22(28-20)18(14-25)19-8-10-27-23(29-19)26-9-2-12-30-11-1-3-21(30)31/h4-8,10,15,18H,1-3,9,11-12H2,(H,26,27,29). The molecule has 160 valence electrons. The molecule has 1 unspecified atom stereocenters. The van der Waals surface area contributed by atoms with E-state index in [2.05, 4.69) is 32.4 Å². The maximum Gasteiger partial charge on any atom is 0.222 e. The van der Waals surface area contributed by atoms with Gasteiger partial charge in [-0.1, -0.05) is 12.1 Å². The van der Waals surface area contributed by atoms with E-state index >= 15 is 0 Å². The van der Waals surface area contributed by atoms with Crippen LogP contribution in [0.25, 0.3) is 11.3 Å². The Morgan fingerprint density at radius 2 is 2.03 bits per heavy atom. The first-order valence-corrected chi connectivity index (χ1v) is 11.3. The molecule has 1 atom stereocenters.